The van der Waals surface area contributed by atoms with Gasteiger partial charge in [0, 0.05) is 18.7 Å². The second kappa shape index (κ2) is 10.2. The summed E-state index contributed by atoms with van der Waals surface area (Å²) in [6, 6.07) is 9.11. The van der Waals surface area contributed by atoms with Gasteiger partial charge >= 0.3 is 0 Å². The van der Waals surface area contributed by atoms with Crippen LogP contribution < -0.4 is 10.6 Å². The predicted octanol–water partition coefficient (Wildman–Crippen LogP) is 2.73. The van der Waals surface area contributed by atoms with Crippen LogP contribution in [0, 0.1) is 0 Å². The van der Waals surface area contributed by atoms with Crippen LogP contribution >= 0.6 is 0 Å². The maximum atomic E-state index is 13.2. The van der Waals surface area contributed by atoms with E-state index in [0.29, 0.717) is 11.4 Å². The van der Waals surface area contributed by atoms with E-state index in [1.165, 1.54) is 37.5 Å². The van der Waals surface area contributed by atoms with Gasteiger partial charge in [-0.15, -0.1) is 0 Å². The topological polar surface area (TPSA) is 109 Å². The monoisotopic (exact) mass is 421 g/mol. The normalized spacial score (nSPS) is 11.6. The fourth-order valence-electron chi connectivity index (χ4n) is 2.79. The van der Waals surface area contributed by atoms with Gasteiger partial charge in [-0.2, -0.15) is 4.31 Å². The number of carbonyl (C=O) groups excluding carboxylic acids is 2. The van der Waals surface area contributed by atoms with Crippen LogP contribution in [0.4, 0.5) is 5.69 Å². The van der Waals surface area contributed by atoms with E-state index < -0.39 is 10.0 Å². The van der Waals surface area contributed by atoms with Gasteiger partial charge in [-0.05, 0) is 49.2 Å². The van der Waals surface area contributed by atoms with Gasteiger partial charge in [-0.1, -0.05) is 13.8 Å². The third-order valence-corrected chi connectivity index (χ3v) is 6.20. The van der Waals surface area contributed by atoms with Gasteiger partial charge in [-0.3, -0.25) is 9.59 Å². The van der Waals surface area contributed by atoms with Crippen molar-refractivity contribution in [2.75, 3.05) is 11.9 Å². The van der Waals surface area contributed by atoms with Crippen molar-refractivity contribution in [3.63, 3.8) is 0 Å². The maximum absolute atomic E-state index is 13.2. The van der Waals surface area contributed by atoms with E-state index in [9.17, 15) is 18.0 Å². The van der Waals surface area contributed by atoms with Gasteiger partial charge in [0.1, 0.15) is 5.76 Å². The fourth-order valence-corrected chi connectivity index (χ4v) is 4.15. The number of nitrogens with zero attached hydrogens (tertiary/aromatic N) is 1. The minimum Gasteiger partial charge on any atom is -0.468 e. The SMILES string of the molecule is CCC(CC)NC(=O)CN(Cc1ccco1)S(=O)(=O)c1ccc(NC(C)=O)cc1. The second-order valence-corrected chi connectivity index (χ2v) is 8.58. The third kappa shape index (κ3) is 6.43. The molecule has 29 heavy (non-hydrogen) atoms. The third-order valence-electron chi connectivity index (χ3n) is 4.40. The molecule has 158 valence electrons. The number of anilines is 1. The first-order valence-electron chi connectivity index (χ1n) is 9.45. The Morgan fingerprint density at radius 3 is 2.28 bits per heavy atom. The van der Waals surface area contributed by atoms with Crippen LogP contribution in [0.25, 0.3) is 0 Å². The molecule has 0 aliphatic heterocycles. The molecule has 2 aromatic rings. The molecule has 1 aromatic carbocycles. The maximum Gasteiger partial charge on any atom is 0.243 e. The molecule has 8 nitrogen and oxygen atoms in total. The standard InChI is InChI=1S/C20H27N3O5S/c1-4-16(5-2)22-20(25)14-23(13-18-7-6-12-28-18)29(26,27)19-10-8-17(9-11-19)21-15(3)24/h6-12,16H,4-5,13-14H2,1-3H3,(H,21,24)(H,22,25). The largest absolute Gasteiger partial charge is 0.468 e. The molecule has 0 saturated heterocycles. The van der Waals surface area contributed by atoms with Crippen molar-refractivity contribution in [3.8, 4) is 0 Å². The molecule has 0 aliphatic rings. The molecule has 0 radical (unpaired) electrons. The first-order valence-corrected chi connectivity index (χ1v) is 10.9. The van der Waals surface area contributed by atoms with Crippen LogP contribution in [0.3, 0.4) is 0 Å². The number of nitrogens with one attached hydrogen (secondary N) is 2. The average molecular weight is 422 g/mol. The number of amides is 2. The highest BCUT2D eigenvalue weighted by atomic mass is 32.2. The van der Waals surface area contributed by atoms with Crippen molar-refractivity contribution in [1.82, 2.24) is 9.62 Å². The minimum absolute atomic E-state index is 0.00685. The zero-order valence-electron chi connectivity index (χ0n) is 16.8. The Hall–Kier alpha value is -2.65. The molecular weight excluding hydrogens is 394 g/mol. The van der Waals surface area contributed by atoms with E-state index >= 15 is 0 Å². The van der Waals surface area contributed by atoms with Crippen LogP contribution in [-0.4, -0.2) is 37.1 Å². The van der Waals surface area contributed by atoms with E-state index in [4.69, 9.17) is 4.42 Å². The zero-order valence-corrected chi connectivity index (χ0v) is 17.7. The summed E-state index contributed by atoms with van der Waals surface area (Å²) in [5.41, 5.74) is 0.487. The van der Waals surface area contributed by atoms with Crippen molar-refractivity contribution < 1.29 is 22.4 Å². The van der Waals surface area contributed by atoms with Gasteiger partial charge in [0.2, 0.25) is 21.8 Å². The molecule has 2 amide bonds. The van der Waals surface area contributed by atoms with Gasteiger partial charge in [0.05, 0.1) is 24.2 Å². The molecule has 2 N–H and O–H groups in total. The fraction of sp³-hybridized carbons (Fsp3) is 0.400. The first-order chi connectivity index (χ1) is 13.8. The molecule has 0 bridgehead atoms. The smallest absolute Gasteiger partial charge is 0.243 e. The molecule has 0 spiro atoms. The van der Waals surface area contributed by atoms with Crippen LogP contribution in [-0.2, 0) is 26.2 Å². The minimum atomic E-state index is -3.97. The van der Waals surface area contributed by atoms with E-state index in [0.717, 1.165) is 17.1 Å². The lowest BCUT2D eigenvalue weighted by molar-refractivity contribution is -0.122. The Labute approximate surface area is 171 Å². The van der Waals surface area contributed by atoms with Crippen LogP contribution in [0.2, 0.25) is 0 Å². The van der Waals surface area contributed by atoms with Crippen molar-refractivity contribution >= 4 is 27.5 Å². The summed E-state index contributed by atoms with van der Waals surface area (Å²) in [5, 5.41) is 5.45. The Kier molecular flexibility index (Phi) is 7.98. The van der Waals surface area contributed by atoms with Gasteiger partial charge in [-0.25, -0.2) is 8.42 Å². The Morgan fingerprint density at radius 1 is 1.10 bits per heavy atom. The highest BCUT2D eigenvalue weighted by molar-refractivity contribution is 7.89. The lowest BCUT2D eigenvalue weighted by Crippen LogP contribution is -2.43. The van der Waals surface area contributed by atoms with Gasteiger partial charge < -0.3 is 15.1 Å². The van der Waals surface area contributed by atoms with Crippen molar-refractivity contribution in [2.24, 2.45) is 0 Å². The number of benzene rings is 1. The number of hydrogen-bond acceptors (Lipinski definition) is 5. The predicted molar refractivity (Wildman–Crippen MR) is 110 cm³/mol. The van der Waals surface area contributed by atoms with E-state index in [1.54, 1.807) is 12.1 Å². The molecule has 1 heterocycles. The van der Waals surface area contributed by atoms with E-state index in [1.807, 2.05) is 13.8 Å². The molecule has 0 fully saturated rings. The summed E-state index contributed by atoms with van der Waals surface area (Å²) in [6.07, 6.45) is 2.97. The highest BCUT2D eigenvalue weighted by Crippen LogP contribution is 2.21. The van der Waals surface area contributed by atoms with Crippen LogP contribution in [0.1, 0.15) is 39.4 Å². The number of furan rings is 1. The number of sulfonamides is 1. The van der Waals surface area contributed by atoms with Gasteiger partial charge in [0.15, 0.2) is 0 Å². The Morgan fingerprint density at radius 2 is 1.76 bits per heavy atom. The molecule has 0 unspecified atom stereocenters. The average Bonchev–Trinajstić information content (AvgIpc) is 3.18. The summed E-state index contributed by atoms with van der Waals surface area (Å²) in [6.45, 7) is 4.89. The molecule has 1 aromatic heterocycles. The van der Waals surface area contributed by atoms with Gasteiger partial charge in [0.25, 0.3) is 0 Å². The van der Waals surface area contributed by atoms with Crippen molar-refractivity contribution in [2.45, 2.75) is 51.1 Å². The quantitative estimate of drug-likeness (QED) is 0.613. The van der Waals surface area contributed by atoms with E-state index in [2.05, 4.69) is 10.6 Å². The summed E-state index contributed by atoms with van der Waals surface area (Å²) < 4.78 is 32.7. The Bertz CT molecular complexity index is 904. The summed E-state index contributed by atoms with van der Waals surface area (Å²) in [4.78, 5) is 23.6. The van der Waals surface area contributed by atoms with E-state index in [-0.39, 0.29) is 35.8 Å². The zero-order chi connectivity index (χ0) is 21.4. The summed E-state index contributed by atoms with van der Waals surface area (Å²) in [7, 11) is -3.97. The van der Waals surface area contributed by atoms with Crippen molar-refractivity contribution in [1.29, 1.82) is 0 Å². The second-order valence-electron chi connectivity index (χ2n) is 6.64. The number of hydrogen-bond donors (Lipinski definition) is 2. The summed E-state index contributed by atoms with van der Waals surface area (Å²) >= 11 is 0. The molecule has 9 heteroatoms. The number of rotatable bonds is 10. The van der Waals surface area contributed by atoms with Crippen LogP contribution in [0.15, 0.2) is 52.0 Å². The molecular formula is C20H27N3O5S. The molecule has 0 atom stereocenters. The van der Waals surface area contributed by atoms with Crippen LogP contribution in [0.5, 0.6) is 0 Å². The highest BCUT2D eigenvalue weighted by Gasteiger charge is 2.28. The Balaban J connectivity index is 2.25. The lowest BCUT2D eigenvalue weighted by atomic mass is 10.2. The first kappa shape index (κ1) is 22.6. The molecule has 2 rings (SSSR count). The summed E-state index contributed by atoms with van der Waals surface area (Å²) in [5.74, 6) is -0.194. The van der Waals surface area contributed by atoms with Crippen molar-refractivity contribution in [3.05, 3.63) is 48.4 Å². The molecule has 0 saturated carbocycles. The molecule has 0 aliphatic carbocycles. The lowest BCUT2D eigenvalue weighted by Gasteiger charge is -2.23. The number of carbonyl (C=O) groups is 2.